The number of nitrogens with one attached hydrogen (secondary N) is 1. The standard InChI is InChI=1S/C21H29N3O5S2/c1-15-7-8-16(2)20(13-15)24(31(28,29)23(4)5)14-21(25)22-17(3)18-9-11-19(12-10-18)30(6,26)27/h7-13,17H,14H2,1-6H3,(H,22,25)/t17-/m1/s1. The van der Waals surface area contributed by atoms with Crippen molar-refractivity contribution in [2.45, 2.75) is 31.7 Å². The molecular weight excluding hydrogens is 438 g/mol. The molecular formula is C21H29N3O5S2. The van der Waals surface area contributed by atoms with E-state index in [1.54, 1.807) is 32.0 Å². The van der Waals surface area contributed by atoms with Crippen LogP contribution in [-0.2, 0) is 24.8 Å². The van der Waals surface area contributed by atoms with E-state index >= 15 is 0 Å². The lowest BCUT2D eigenvalue weighted by Gasteiger charge is -2.29. The zero-order chi connectivity index (χ0) is 23.6. The number of amides is 1. The molecule has 1 atom stereocenters. The van der Waals surface area contributed by atoms with Crippen molar-refractivity contribution in [2.24, 2.45) is 0 Å². The summed E-state index contributed by atoms with van der Waals surface area (Å²) in [6.07, 6.45) is 1.13. The third kappa shape index (κ3) is 6.05. The van der Waals surface area contributed by atoms with Gasteiger partial charge in [0.25, 0.3) is 0 Å². The van der Waals surface area contributed by atoms with Crippen LogP contribution >= 0.6 is 0 Å². The van der Waals surface area contributed by atoms with Crippen molar-refractivity contribution in [1.82, 2.24) is 9.62 Å². The predicted octanol–water partition coefficient (Wildman–Crippen LogP) is 2.20. The van der Waals surface area contributed by atoms with Gasteiger partial charge in [0.05, 0.1) is 16.6 Å². The van der Waals surface area contributed by atoms with Gasteiger partial charge in [-0.25, -0.2) is 12.7 Å². The van der Waals surface area contributed by atoms with Crippen molar-refractivity contribution in [3.63, 3.8) is 0 Å². The van der Waals surface area contributed by atoms with Gasteiger partial charge < -0.3 is 5.32 Å². The van der Waals surface area contributed by atoms with Crippen LogP contribution in [0.25, 0.3) is 0 Å². The van der Waals surface area contributed by atoms with E-state index in [0.717, 1.165) is 26.0 Å². The topological polar surface area (TPSA) is 104 Å². The Kier molecular flexibility index (Phi) is 7.51. The van der Waals surface area contributed by atoms with Crippen LogP contribution in [0.5, 0.6) is 0 Å². The second-order valence-electron chi connectivity index (χ2n) is 7.72. The number of aryl methyl sites for hydroxylation is 2. The van der Waals surface area contributed by atoms with E-state index in [2.05, 4.69) is 5.32 Å². The average molecular weight is 468 g/mol. The summed E-state index contributed by atoms with van der Waals surface area (Å²) in [6.45, 7) is 5.00. The fourth-order valence-corrected chi connectivity index (χ4v) is 4.73. The molecule has 0 aliphatic rings. The number of anilines is 1. The highest BCUT2D eigenvalue weighted by Crippen LogP contribution is 2.25. The van der Waals surface area contributed by atoms with E-state index in [1.807, 2.05) is 19.1 Å². The molecule has 0 saturated carbocycles. The van der Waals surface area contributed by atoms with Crippen LogP contribution in [0.15, 0.2) is 47.4 Å². The minimum atomic E-state index is -3.91. The van der Waals surface area contributed by atoms with Crippen LogP contribution in [0.1, 0.15) is 29.7 Å². The van der Waals surface area contributed by atoms with Gasteiger partial charge in [-0.3, -0.25) is 4.79 Å². The predicted molar refractivity (Wildman–Crippen MR) is 122 cm³/mol. The maximum Gasteiger partial charge on any atom is 0.304 e. The fraction of sp³-hybridized carbons (Fsp3) is 0.381. The molecule has 1 amide bonds. The largest absolute Gasteiger partial charge is 0.348 e. The Morgan fingerprint density at radius 1 is 1.00 bits per heavy atom. The lowest BCUT2D eigenvalue weighted by atomic mass is 10.1. The first-order chi connectivity index (χ1) is 14.2. The fourth-order valence-electron chi connectivity index (χ4n) is 2.98. The molecule has 2 aromatic carbocycles. The summed E-state index contributed by atoms with van der Waals surface area (Å²) in [6, 6.07) is 11.2. The van der Waals surface area contributed by atoms with Gasteiger partial charge in [0.1, 0.15) is 6.54 Å². The number of hydrogen-bond acceptors (Lipinski definition) is 5. The number of hydrogen-bond donors (Lipinski definition) is 1. The highest BCUT2D eigenvalue weighted by atomic mass is 32.2. The molecule has 8 nitrogen and oxygen atoms in total. The van der Waals surface area contributed by atoms with Crippen molar-refractivity contribution in [2.75, 3.05) is 31.2 Å². The van der Waals surface area contributed by atoms with Gasteiger partial charge in [0.2, 0.25) is 5.91 Å². The van der Waals surface area contributed by atoms with Crippen LogP contribution < -0.4 is 9.62 Å². The zero-order valence-electron chi connectivity index (χ0n) is 18.6. The maximum absolute atomic E-state index is 12.9. The zero-order valence-corrected chi connectivity index (χ0v) is 20.2. The molecule has 2 rings (SSSR count). The number of benzene rings is 2. The Morgan fingerprint density at radius 2 is 1.58 bits per heavy atom. The second kappa shape index (κ2) is 9.37. The monoisotopic (exact) mass is 467 g/mol. The molecule has 10 heteroatoms. The number of rotatable bonds is 8. The van der Waals surface area contributed by atoms with Gasteiger partial charge in [-0.05, 0) is 55.7 Å². The summed E-state index contributed by atoms with van der Waals surface area (Å²) >= 11 is 0. The summed E-state index contributed by atoms with van der Waals surface area (Å²) in [7, 11) is -4.39. The number of sulfone groups is 1. The summed E-state index contributed by atoms with van der Waals surface area (Å²) in [5.41, 5.74) is 2.75. The Labute approximate surface area is 185 Å². The first-order valence-corrected chi connectivity index (χ1v) is 12.9. The highest BCUT2D eigenvalue weighted by molar-refractivity contribution is 7.90. The van der Waals surface area contributed by atoms with Crippen molar-refractivity contribution >= 4 is 31.6 Å². The van der Waals surface area contributed by atoms with E-state index < -0.39 is 38.5 Å². The Bertz CT molecular complexity index is 1160. The van der Waals surface area contributed by atoms with Crippen LogP contribution in [0.2, 0.25) is 0 Å². The molecule has 0 saturated heterocycles. The summed E-state index contributed by atoms with van der Waals surface area (Å²) in [5.74, 6) is -0.481. The highest BCUT2D eigenvalue weighted by Gasteiger charge is 2.29. The molecule has 170 valence electrons. The van der Waals surface area contributed by atoms with Gasteiger partial charge >= 0.3 is 10.2 Å². The number of nitrogens with zero attached hydrogens (tertiary/aromatic N) is 2. The summed E-state index contributed by atoms with van der Waals surface area (Å²) in [4.78, 5) is 13.0. The van der Waals surface area contributed by atoms with Gasteiger partial charge in [-0.15, -0.1) is 0 Å². The van der Waals surface area contributed by atoms with Gasteiger partial charge in [-0.1, -0.05) is 24.3 Å². The van der Waals surface area contributed by atoms with Crippen LogP contribution in [0.4, 0.5) is 5.69 Å². The molecule has 0 unspecified atom stereocenters. The van der Waals surface area contributed by atoms with Crippen molar-refractivity contribution in [3.05, 3.63) is 59.2 Å². The smallest absolute Gasteiger partial charge is 0.304 e. The second-order valence-corrected chi connectivity index (χ2v) is 11.8. The molecule has 0 heterocycles. The minimum absolute atomic E-state index is 0.188. The van der Waals surface area contributed by atoms with E-state index in [9.17, 15) is 21.6 Å². The normalized spacial score (nSPS) is 13.1. The molecule has 0 aliphatic heterocycles. The first-order valence-electron chi connectivity index (χ1n) is 9.60. The molecule has 1 N–H and O–H groups in total. The van der Waals surface area contributed by atoms with E-state index in [-0.39, 0.29) is 4.90 Å². The van der Waals surface area contributed by atoms with Gasteiger partial charge in [-0.2, -0.15) is 12.7 Å². The molecule has 0 bridgehead atoms. The lowest BCUT2D eigenvalue weighted by Crippen LogP contribution is -2.46. The van der Waals surface area contributed by atoms with Gasteiger partial charge in [0.15, 0.2) is 9.84 Å². The van der Waals surface area contributed by atoms with Gasteiger partial charge in [0, 0.05) is 20.4 Å². The first kappa shape index (κ1) is 24.8. The summed E-state index contributed by atoms with van der Waals surface area (Å²) < 4.78 is 51.2. The molecule has 31 heavy (non-hydrogen) atoms. The van der Waals surface area contributed by atoms with Crippen LogP contribution in [0.3, 0.4) is 0 Å². The van der Waals surface area contributed by atoms with Crippen molar-refractivity contribution in [3.8, 4) is 0 Å². The van der Waals surface area contributed by atoms with E-state index in [0.29, 0.717) is 11.3 Å². The Hall–Kier alpha value is -2.43. The van der Waals surface area contributed by atoms with E-state index in [4.69, 9.17) is 0 Å². The molecule has 2 aromatic rings. The molecule has 0 fully saturated rings. The molecule has 0 aromatic heterocycles. The van der Waals surface area contributed by atoms with Crippen molar-refractivity contribution < 1.29 is 21.6 Å². The van der Waals surface area contributed by atoms with Crippen LogP contribution in [0, 0.1) is 13.8 Å². The Morgan fingerprint density at radius 3 is 2.10 bits per heavy atom. The Balaban J connectivity index is 2.27. The molecule has 0 radical (unpaired) electrons. The van der Waals surface area contributed by atoms with Crippen LogP contribution in [-0.4, -0.2) is 53.9 Å². The molecule has 0 aliphatic carbocycles. The average Bonchev–Trinajstić information content (AvgIpc) is 2.67. The third-order valence-corrected chi connectivity index (χ3v) is 7.78. The number of carbonyl (C=O) groups is 1. The van der Waals surface area contributed by atoms with Crippen molar-refractivity contribution in [1.29, 1.82) is 0 Å². The number of carbonyl (C=O) groups excluding carboxylic acids is 1. The molecule has 0 spiro atoms. The third-order valence-electron chi connectivity index (χ3n) is 4.85. The quantitative estimate of drug-likeness (QED) is 0.641. The SMILES string of the molecule is Cc1ccc(C)c(N(CC(=O)N[C@H](C)c2ccc(S(C)(=O)=O)cc2)S(=O)(=O)N(C)C)c1. The summed E-state index contributed by atoms with van der Waals surface area (Å²) in [5, 5.41) is 2.79. The maximum atomic E-state index is 12.9. The lowest BCUT2D eigenvalue weighted by molar-refractivity contribution is -0.120. The minimum Gasteiger partial charge on any atom is -0.348 e. The van der Waals surface area contributed by atoms with E-state index in [1.165, 1.54) is 26.2 Å².